The van der Waals surface area contributed by atoms with Crippen molar-refractivity contribution >= 4 is 41.3 Å². The van der Waals surface area contributed by atoms with Crippen LogP contribution in [0, 0.1) is 13.8 Å². The summed E-state index contributed by atoms with van der Waals surface area (Å²) in [4.78, 5) is 13.9. The van der Waals surface area contributed by atoms with Crippen molar-refractivity contribution in [1.29, 1.82) is 0 Å². The van der Waals surface area contributed by atoms with E-state index >= 15 is 0 Å². The van der Waals surface area contributed by atoms with Gasteiger partial charge in [-0.15, -0.1) is 35.3 Å². The van der Waals surface area contributed by atoms with E-state index in [4.69, 9.17) is 0 Å². The van der Waals surface area contributed by atoms with Gasteiger partial charge in [0.2, 0.25) is 0 Å². The minimum absolute atomic E-state index is 0. The predicted molar refractivity (Wildman–Crippen MR) is 115 cm³/mol. The van der Waals surface area contributed by atoms with E-state index in [9.17, 15) is 13.2 Å². The van der Waals surface area contributed by atoms with Crippen molar-refractivity contribution in [2.45, 2.75) is 46.3 Å². The van der Waals surface area contributed by atoms with Crippen molar-refractivity contribution in [3.63, 3.8) is 0 Å². The van der Waals surface area contributed by atoms with Gasteiger partial charge in [-0.25, -0.2) is 4.98 Å². The van der Waals surface area contributed by atoms with Gasteiger partial charge in [-0.3, -0.25) is 9.89 Å². The fourth-order valence-electron chi connectivity index (χ4n) is 3.02. The van der Waals surface area contributed by atoms with Crippen molar-refractivity contribution in [3.8, 4) is 0 Å². The summed E-state index contributed by atoms with van der Waals surface area (Å²) < 4.78 is 38.6. The molecule has 1 unspecified atom stereocenters. The van der Waals surface area contributed by atoms with Gasteiger partial charge >= 0.3 is 6.18 Å². The van der Waals surface area contributed by atoms with Crippen LogP contribution in [0.25, 0.3) is 0 Å². The Morgan fingerprint density at radius 3 is 2.37 bits per heavy atom. The zero-order valence-electron chi connectivity index (χ0n) is 16.3. The zero-order valence-corrected chi connectivity index (χ0v) is 19.4. The highest BCUT2D eigenvalue weighted by Crippen LogP contribution is 2.25. The van der Waals surface area contributed by atoms with Gasteiger partial charge in [0, 0.05) is 50.6 Å². The van der Waals surface area contributed by atoms with E-state index in [2.05, 4.69) is 15.3 Å². The Balaban J connectivity index is 0.00000364. The van der Waals surface area contributed by atoms with Crippen LogP contribution in [-0.2, 0) is 6.42 Å². The Labute approximate surface area is 180 Å². The molecule has 0 bridgehead atoms. The molecule has 0 amide bonds. The number of piperazine rings is 1. The first-order valence-corrected chi connectivity index (χ1v) is 9.81. The number of hydrogen-bond donors (Lipinski definition) is 1. The lowest BCUT2D eigenvalue weighted by molar-refractivity contribution is -0.181. The summed E-state index contributed by atoms with van der Waals surface area (Å²) in [6.45, 7) is 10.5. The SMILES string of the molecule is CCNC(=NCCc1sc(C)nc1C)N1CCN(C(C)C(F)(F)F)CC1.I. The third-order valence-corrected chi connectivity index (χ3v) is 5.70. The molecule has 0 radical (unpaired) electrons. The van der Waals surface area contributed by atoms with Crippen LogP contribution in [0.15, 0.2) is 4.99 Å². The van der Waals surface area contributed by atoms with E-state index < -0.39 is 12.2 Å². The molecule has 0 spiro atoms. The summed E-state index contributed by atoms with van der Waals surface area (Å²) in [6.07, 6.45) is -3.34. The summed E-state index contributed by atoms with van der Waals surface area (Å²) in [6, 6.07) is -1.40. The minimum Gasteiger partial charge on any atom is -0.357 e. The standard InChI is InChI=1S/C17H28F3N5S.HI/c1-5-21-16(22-7-6-15-12(2)23-14(4)26-15)25-10-8-24(9-11-25)13(3)17(18,19)20;/h13H,5-11H2,1-4H3,(H,21,22);1H. The molecule has 1 aliphatic heterocycles. The first-order valence-electron chi connectivity index (χ1n) is 8.99. The molecule has 27 heavy (non-hydrogen) atoms. The fraction of sp³-hybridized carbons (Fsp3) is 0.765. The van der Waals surface area contributed by atoms with Gasteiger partial charge in [0.15, 0.2) is 5.96 Å². The van der Waals surface area contributed by atoms with Gasteiger partial charge in [-0.05, 0) is 27.7 Å². The first kappa shape index (κ1) is 24.4. The third kappa shape index (κ3) is 7.04. The number of nitrogens with one attached hydrogen (secondary N) is 1. The molecule has 2 heterocycles. The summed E-state index contributed by atoms with van der Waals surface area (Å²) in [5.41, 5.74) is 1.06. The Kier molecular flexibility index (Phi) is 9.76. The van der Waals surface area contributed by atoms with Gasteiger partial charge < -0.3 is 10.2 Å². The van der Waals surface area contributed by atoms with Crippen molar-refractivity contribution in [2.75, 3.05) is 39.3 Å². The molecule has 1 aliphatic rings. The van der Waals surface area contributed by atoms with Gasteiger partial charge in [-0.2, -0.15) is 13.2 Å². The maximum absolute atomic E-state index is 12.9. The Morgan fingerprint density at radius 2 is 1.89 bits per heavy atom. The number of rotatable bonds is 5. The number of hydrogen-bond acceptors (Lipinski definition) is 4. The van der Waals surface area contributed by atoms with Gasteiger partial charge in [0.05, 0.1) is 10.7 Å². The second-order valence-corrected chi connectivity index (χ2v) is 7.76. The maximum atomic E-state index is 12.9. The summed E-state index contributed by atoms with van der Waals surface area (Å²) in [7, 11) is 0. The zero-order chi connectivity index (χ0) is 19.3. The highest BCUT2D eigenvalue weighted by atomic mass is 127. The number of guanidine groups is 1. The second kappa shape index (κ2) is 10.8. The lowest BCUT2D eigenvalue weighted by atomic mass is 10.2. The molecule has 0 aliphatic carbocycles. The van der Waals surface area contributed by atoms with Crippen LogP contribution in [0.3, 0.4) is 0 Å². The number of aryl methyl sites for hydroxylation is 2. The van der Waals surface area contributed by atoms with Crippen LogP contribution in [0.4, 0.5) is 13.2 Å². The van der Waals surface area contributed by atoms with Crippen LogP contribution in [0.5, 0.6) is 0 Å². The Morgan fingerprint density at radius 1 is 1.26 bits per heavy atom. The monoisotopic (exact) mass is 519 g/mol. The number of thiazole rings is 1. The van der Waals surface area contributed by atoms with Crippen molar-refractivity contribution < 1.29 is 13.2 Å². The molecular weight excluding hydrogens is 490 g/mol. The summed E-state index contributed by atoms with van der Waals surface area (Å²) in [5, 5.41) is 4.31. The highest BCUT2D eigenvalue weighted by Gasteiger charge is 2.41. The van der Waals surface area contributed by atoms with E-state index in [1.165, 1.54) is 16.7 Å². The van der Waals surface area contributed by atoms with Gasteiger partial charge in [0.1, 0.15) is 6.04 Å². The van der Waals surface area contributed by atoms with E-state index in [-0.39, 0.29) is 24.0 Å². The maximum Gasteiger partial charge on any atom is 0.403 e. The van der Waals surface area contributed by atoms with Crippen LogP contribution in [-0.4, -0.2) is 72.2 Å². The van der Waals surface area contributed by atoms with Gasteiger partial charge in [-0.1, -0.05) is 0 Å². The minimum atomic E-state index is -4.18. The van der Waals surface area contributed by atoms with Crippen molar-refractivity contribution in [3.05, 3.63) is 15.6 Å². The fourth-order valence-corrected chi connectivity index (χ4v) is 3.95. The lowest BCUT2D eigenvalue weighted by Crippen LogP contribution is -2.56. The van der Waals surface area contributed by atoms with E-state index in [0.717, 1.165) is 29.6 Å². The van der Waals surface area contributed by atoms with Crippen LogP contribution >= 0.6 is 35.3 Å². The second-order valence-electron chi connectivity index (χ2n) is 6.47. The topological polar surface area (TPSA) is 43.8 Å². The highest BCUT2D eigenvalue weighted by molar-refractivity contribution is 14.0. The molecule has 1 saturated heterocycles. The molecule has 1 N–H and O–H groups in total. The van der Waals surface area contributed by atoms with Crippen LogP contribution in [0.1, 0.15) is 29.4 Å². The molecule has 0 saturated carbocycles. The lowest BCUT2D eigenvalue weighted by Gasteiger charge is -2.39. The summed E-state index contributed by atoms with van der Waals surface area (Å²) >= 11 is 1.69. The summed E-state index contributed by atoms with van der Waals surface area (Å²) in [5.74, 6) is 0.783. The molecule has 1 aromatic rings. The van der Waals surface area contributed by atoms with Crippen LogP contribution < -0.4 is 5.32 Å². The van der Waals surface area contributed by atoms with E-state index in [1.807, 2.05) is 25.7 Å². The average molecular weight is 519 g/mol. The smallest absolute Gasteiger partial charge is 0.357 e. The Bertz CT molecular complexity index is 612. The molecule has 5 nitrogen and oxygen atoms in total. The van der Waals surface area contributed by atoms with Crippen molar-refractivity contribution in [2.24, 2.45) is 4.99 Å². The number of nitrogens with zero attached hydrogens (tertiary/aromatic N) is 4. The number of alkyl halides is 3. The quantitative estimate of drug-likeness (QED) is 0.368. The normalized spacial score (nSPS) is 17.6. The van der Waals surface area contributed by atoms with E-state index in [0.29, 0.717) is 32.7 Å². The number of aliphatic imine (C=N–C) groups is 1. The molecule has 156 valence electrons. The average Bonchev–Trinajstić information content (AvgIpc) is 2.90. The molecule has 2 rings (SSSR count). The largest absolute Gasteiger partial charge is 0.403 e. The first-order chi connectivity index (χ1) is 12.2. The number of halogens is 4. The molecule has 1 aromatic heterocycles. The predicted octanol–water partition coefficient (Wildman–Crippen LogP) is 3.45. The molecule has 1 fully saturated rings. The van der Waals surface area contributed by atoms with Crippen LogP contribution in [0.2, 0.25) is 0 Å². The molecular formula is C17H29F3IN5S. The number of aromatic nitrogens is 1. The van der Waals surface area contributed by atoms with Gasteiger partial charge in [0.25, 0.3) is 0 Å². The Hall–Kier alpha value is -0.620. The molecule has 10 heteroatoms. The molecule has 1 atom stereocenters. The van der Waals surface area contributed by atoms with E-state index in [1.54, 1.807) is 11.3 Å². The molecule has 0 aromatic carbocycles. The third-order valence-electron chi connectivity index (χ3n) is 4.57. The van der Waals surface area contributed by atoms with Crippen molar-refractivity contribution in [1.82, 2.24) is 20.1 Å².